The maximum atomic E-state index is 13.2. The smallest absolute Gasteiger partial charge is 0.230 e. The van der Waals surface area contributed by atoms with E-state index >= 15 is 0 Å². The molecule has 1 aromatic heterocycles. The van der Waals surface area contributed by atoms with Crippen LogP contribution in [0.15, 0.2) is 71.1 Å². The summed E-state index contributed by atoms with van der Waals surface area (Å²) in [5.41, 5.74) is 3.18. The monoisotopic (exact) mass is 427 g/mol. The fourth-order valence-electron chi connectivity index (χ4n) is 3.70. The van der Waals surface area contributed by atoms with E-state index in [9.17, 15) is 9.59 Å². The second-order valence-corrected chi connectivity index (χ2v) is 7.63. The second kappa shape index (κ2) is 8.23. The number of ketones is 2. The van der Waals surface area contributed by atoms with Crippen molar-refractivity contribution >= 4 is 28.2 Å². The van der Waals surface area contributed by atoms with Gasteiger partial charge in [-0.2, -0.15) is 0 Å². The zero-order chi connectivity index (χ0) is 22.1. The molecule has 0 spiro atoms. The van der Waals surface area contributed by atoms with E-state index in [-0.39, 0.29) is 23.9 Å². The quantitative estimate of drug-likeness (QED) is 0.435. The second-order valence-electron chi connectivity index (χ2n) is 7.63. The Morgan fingerprint density at radius 2 is 1.59 bits per heavy atom. The molecular formula is C26H21NO5. The van der Waals surface area contributed by atoms with Gasteiger partial charge in [0.2, 0.25) is 5.78 Å². The van der Waals surface area contributed by atoms with Crippen molar-refractivity contribution in [2.75, 3.05) is 25.1 Å². The molecule has 32 heavy (non-hydrogen) atoms. The molecule has 5 rings (SSSR count). The van der Waals surface area contributed by atoms with Gasteiger partial charge in [-0.3, -0.25) is 9.59 Å². The van der Waals surface area contributed by atoms with Crippen LogP contribution in [-0.2, 0) is 0 Å². The van der Waals surface area contributed by atoms with E-state index in [2.05, 4.69) is 5.32 Å². The molecule has 160 valence electrons. The van der Waals surface area contributed by atoms with Gasteiger partial charge in [-0.25, -0.2) is 0 Å². The third-order valence-electron chi connectivity index (χ3n) is 5.41. The largest absolute Gasteiger partial charge is 0.486 e. The van der Waals surface area contributed by atoms with Crippen molar-refractivity contribution in [3.63, 3.8) is 0 Å². The summed E-state index contributed by atoms with van der Waals surface area (Å²) in [6.07, 6.45) is 0. The Hall–Kier alpha value is -4.06. The van der Waals surface area contributed by atoms with Crippen LogP contribution >= 0.6 is 0 Å². The summed E-state index contributed by atoms with van der Waals surface area (Å²) in [6, 6.07) is 19.8. The van der Waals surface area contributed by atoms with Gasteiger partial charge in [0.15, 0.2) is 23.0 Å². The number of carbonyl (C=O) groups excluding carboxylic acids is 2. The van der Waals surface area contributed by atoms with Crippen molar-refractivity contribution in [2.45, 2.75) is 6.92 Å². The number of furan rings is 1. The molecule has 0 bridgehead atoms. The normalized spacial score (nSPS) is 12.5. The molecule has 1 aliphatic rings. The molecule has 6 heteroatoms. The zero-order valence-corrected chi connectivity index (χ0v) is 17.5. The number of hydrogen-bond acceptors (Lipinski definition) is 6. The lowest BCUT2D eigenvalue weighted by Crippen LogP contribution is -2.18. The van der Waals surface area contributed by atoms with E-state index in [0.717, 1.165) is 10.9 Å². The number of benzene rings is 3. The minimum absolute atomic E-state index is 0.00263. The number of anilines is 1. The van der Waals surface area contributed by atoms with Crippen LogP contribution in [0.25, 0.3) is 11.0 Å². The van der Waals surface area contributed by atoms with E-state index in [0.29, 0.717) is 47.1 Å². The van der Waals surface area contributed by atoms with Crippen LogP contribution in [0.5, 0.6) is 11.5 Å². The van der Waals surface area contributed by atoms with Gasteiger partial charge >= 0.3 is 0 Å². The lowest BCUT2D eigenvalue weighted by molar-refractivity contribution is 0.0996. The topological polar surface area (TPSA) is 77.8 Å². The molecule has 0 amide bonds. The summed E-state index contributed by atoms with van der Waals surface area (Å²) in [4.78, 5) is 26.1. The van der Waals surface area contributed by atoms with Crippen molar-refractivity contribution < 1.29 is 23.5 Å². The molecule has 0 radical (unpaired) electrons. The van der Waals surface area contributed by atoms with E-state index < -0.39 is 0 Å². The summed E-state index contributed by atoms with van der Waals surface area (Å²) in [5, 5.41) is 3.89. The summed E-state index contributed by atoms with van der Waals surface area (Å²) in [6.45, 7) is 2.91. The van der Waals surface area contributed by atoms with Crippen LogP contribution in [0.3, 0.4) is 0 Å². The SMILES string of the molecule is Cc1ccc(C(=O)c2oc3ccccc3c2NCC(=O)c2ccc3c(c2)OCCO3)cc1. The van der Waals surface area contributed by atoms with Crippen molar-refractivity contribution in [3.8, 4) is 11.5 Å². The number of ether oxygens (including phenoxy) is 2. The summed E-state index contributed by atoms with van der Waals surface area (Å²) in [5.74, 6) is 1.00. The molecule has 4 aromatic rings. The van der Waals surface area contributed by atoms with Gasteiger partial charge in [0.25, 0.3) is 0 Å². The highest BCUT2D eigenvalue weighted by atomic mass is 16.6. The predicted octanol–water partition coefficient (Wildman–Crippen LogP) is 5.04. The molecule has 1 aliphatic heterocycles. The average Bonchev–Trinajstić information content (AvgIpc) is 3.21. The third kappa shape index (κ3) is 3.71. The summed E-state index contributed by atoms with van der Waals surface area (Å²) >= 11 is 0. The molecule has 2 heterocycles. The zero-order valence-electron chi connectivity index (χ0n) is 17.5. The first-order valence-electron chi connectivity index (χ1n) is 10.4. The highest BCUT2D eigenvalue weighted by molar-refractivity contribution is 6.15. The Labute approximate surface area is 184 Å². The first-order valence-corrected chi connectivity index (χ1v) is 10.4. The van der Waals surface area contributed by atoms with Crippen LogP contribution in [0.2, 0.25) is 0 Å². The van der Waals surface area contributed by atoms with E-state index in [1.807, 2.05) is 37.3 Å². The Balaban J connectivity index is 1.43. The van der Waals surface area contributed by atoms with Crippen LogP contribution < -0.4 is 14.8 Å². The molecule has 0 atom stereocenters. The average molecular weight is 427 g/mol. The molecule has 0 aliphatic carbocycles. The lowest BCUT2D eigenvalue weighted by atomic mass is 10.1. The highest BCUT2D eigenvalue weighted by Gasteiger charge is 2.23. The van der Waals surface area contributed by atoms with Crippen LogP contribution in [0.1, 0.15) is 32.0 Å². The van der Waals surface area contributed by atoms with E-state index in [1.165, 1.54) is 0 Å². The number of rotatable bonds is 6. The fourth-order valence-corrected chi connectivity index (χ4v) is 3.70. The summed E-state index contributed by atoms with van der Waals surface area (Å²) in [7, 11) is 0. The minimum Gasteiger partial charge on any atom is -0.486 e. The molecule has 0 fully saturated rings. The van der Waals surface area contributed by atoms with Gasteiger partial charge in [0, 0.05) is 16.5 Å². The third-order valence-corrected chi connectivity index (χ3v) is 5.41. The van der Waals surface area contributed by atoms with Crippen molar-refractivity contribution in [1.82, 2.24) is 0 Å². The molecule has 1 N–H and O–H groups in total. The number of para-hydroxylation sites is 1. The first-order chi connectivity index (χ1) is 15.6. The van der Waals surface area contributed by atoms with Crippen LogP contribution in [0.4, 0.5) is 5.69 Å². The van der Waals surface area contributed by atoms with Gasteiger partial charge in [-0.05, 0) is 37.3 Å². The van der Waals surface area contributed by atoms with Crippen molar-refractivity contribution in [3.05, 3.63) is 89.2 Å². The highest BCUT2D eigenvalue weighted by Crippen LogP contribution is 2.33. The first kappa shape index (κ1) is 19.9. The van der Waals surface area contributed by atoms with Gasteiger partial charge in [0.05, 0.1) is 12.2 Å². The number of Topliss-reactive ketones (excluding diaryl/α,β-unsaturated/α-hetero) is 1. The van der Waals surface area contributed by atoms with Crippen molar-refractivity contribution in [2.24, 2.45) is 0 Å². The number of aryl methyl sites for hydroxylation is 1. The Morgan fingerprint density at radius 1 is 0.875 bits per heavy atom. The molecule has 0 saturated heterocycles. The number of carbonyl (C=O) groups is 2. The van der Waals surface area contributed by atoms with Crippen LogP contribution in [-0.4, -0.2) is 31.3 Å². The fraction of sp³-hybridized carbons (Fsp3) is 0.154. The number of hydrogen-bond donors (Lipinski definition) is 1. The Morgan fingerprint density at radius 3 is 2.41 bits per heavy atom. The molecule has 0 unspecified atom stereocenters. The number of nitrogens with one attached hydrogen (secondary N) is 1. The van der Waals surface area contributed by atoms with Gasteiger partial charge in [-0.15, -0.1) is 0 Å². The molecular weight excluding hydrogens is 406 g/mol. The molecule has 0 saturated carbocycles. The standard InChI is InChI=1S/C26H21NO5/c1-16-6-8-17(9-7-16)25(29)26-24(19-4-2-3-5-21(19)32-26)27-15-20(28)18-10-11-22-23(14-18)31-13-12-30-22/h2-11,14,27H,12-13,15H2,1H3. The van der Waals surface area contributed by atoms with Gasteiger partial charge in [-0.1, -0.05) is 42.0 Å². The lowest BCUT2D eigenvalue weighted by Gasteiger charge is -2.18. The maximum Gasteiger partial charge on any atom is 0.230 e. The van der Waals surface area contributed by atoms with E-state index in [4.69, 9.17) is 13.9 Å². The maximum absolute atomic E-state index is 13.2. The molecule has 3 aromatic carbocycles. The van der Waals surface area contributed by atoms with E-state index in [1.54, 1.807) is 36.4 Å². The van der Waals surface area contributed by atoms with Crippen LogP contribution in [0, 0.1) is 6.92 Å². The molecule has 6 nitrogen and oxygen atoms in total. The predicted molar refractivity (Wildman–Crippen MR) is 121 cm³/mol. The van der Waals surface area contributed by atoms with Gasteiger partial charge in [0.1, 0.15) is 18.8 Å². The summed E-state index contributed by atoms with van der Waals surface area (Å²) < 4.78 is 17.0. The Kier molecular flexibility index (Phi) is 5.11. The van der Waals surface area contributed by atoms with Crippen molar-refractivity contribution in [1.29, 1.82) is 0 Å². The Bertz CT molecular complexity index is 1320. The minimum atomic E-state index is -0.240. The number of fused-ring (bicyclic) bond motifs is 2. The van der Waals surface area contributed by atoms with Gasteiger partial charge < -0.3 is 19.2 Å².